The molecule has 0 saturated heterocycles. The molecule has 0 radical (unpaired) electrons. The third-order valence-electron chi connectivity index (χ3n) is 1.73. The highest BCUT2D eigenvalue weighted by atomic mass is 16.5. The zero-order valence-corrected chi connectivity index (χ0v) is 7.28. The van der Waals surface area contributed by atoms with Crippen molar-refractivity contribution in [3.05, 3.63) is 29.3 Å². The van der Waals surface area contributed by atoms with E-state index < -0.39 is 5.97 Å². The van der Waals surface area contributed by atoms with Crippen molar-refractivity contribution in [2.45, 2.75) is 6.54 Å². The lowest BCUT2D eigenvalue weighted by Crippen LogP contribution is -2.03. The molecular formula is C9H11NO3. The van der Waals surface area contributed by atoms with Crippen LogP contribution in [0.2, 0.25) is 0 Å². The number of carboxylic acid groups (broad SMARTS) is 1. The molecule has 0 unspecified atom stereocenters. The molecule has 1 rings (SSSR count). The van der Waals surface area contributed by atoms with Crippen molar-refractivity contribution < 1.29 is 14.6 Å². The van der Waals surface area contributed by atoms with Crippen LogP contribution in [0, 0.1) is 0 Å². The molecule has 4 heteroatoms. The van der Waals surface area contributed by atoms with Gasteiger partial charge in [0.25, 0.3) is 0 Å². The molecule has 3 N–H and O–H groups in total. The van der Waals surface area contributed by atoms with Gasteiger partial charge >= 0.3 is 5.97 Å². The van der Waals surface area contributed by atoms with Gasteiger partial charge in [0, 0.05) is 6.54 Å². The van der Waals surface area contributed by atoms with Gasteiger partial charge in [-0.1, -0.05) is 6.07 Å². The number of carboxylic acids is 1. The number of rotatable bonds is 3. The first-order valence-corrected chi connectivity index (χ1v) is 3.79. The molecule has 70 valence electrons. The van der Waals surface area contributed by atoms with Crippen molar-refractivity contribution in [1.82, 2.24) is 0 Å². The molecule has 13 heavy (non-hydrogen) atoms. The summed E-state index contributed by atoms with van der Waals surface area (Å²) in [5.74, 6) is -0.656. The third-order valence-corrected chi connectivity index (χ3v) is 1.73. The van der Waals surface area contributed by atoms with Gasteiger partial charge in [-0.05, 0) is 17.7 Å². The van der Waals surface area contributed by atoms with E-state index in [1.807, 2.05) is 0 Å². The fourth-order valence-corrected chi connectivity index (χ4v) is 1.05. The summed E-state index contributed by atoms with van der Waals surface area (Å²) in [5, 5.41) is 8.80. The Bertz CT molecular complexity index is 323. The molecule has 0 amide bonds. The quantitative estimate of drug-likeness (QED) is 0.725. The van der Waals surface area contributed by atoms with Crippen LogP contribution in [0.15, 0.2) is 18.2 Å². The predicted molar refractivity (Wildman–Crippen MR) is 47.8 cm³/mol. The van der Waals surface area contributed by atoms with Gasteiger partial charge in [-0.25, -0.2) is 4.79 Å². The normalized spacial score (nSPS) is 9.69. The Kier molecular flexibility index (Phi) is 2.87. The molecule has 4 nitrogen and oxygen atoms in total. The lowest BCUT2D eigenvalue weighted by Gasteiger charge is -2.05. The second-order valence-corrected chi connectivity index (χ2v) is 2.54. The Morgan fingerprint density at radius 2 is 2.31 bits per heavy atom. The van der Waals surface area contributed by atoms with Crippen LogP contribution in [0.25, 0.3) is 0 Å². The molecule has 0 saturated carbocycles. The maximum atomic E-state index is 10.7. The molecule has 0 atom stereocenters. The fraction of sp³-hybridized carbons (Fsp3) is 0.222. The van der Waals surface area contributed by atoms with Crippen molar-refractivity contribution in [3.63, 3.8) is 0 Å². The van der Waals surface area contributed by atoms with Crippen LogP contribution < -0.4 is 10.5 Å². The molecule has 0 heterocycles. The van der Waals surface area contributed by atoms with Gasteiger partial charge in [-0.3, -0.25) is 0 Å². The standard InChI is InChI=1S/C9H11NO3/c1-13-8-3-2-6(5-10)4-7(8)9(11)12/h2-4H,5,10H2,1H3,(H,11,12). The number of carbonyl (C=O) groups is 1. The zero-order chi connectivity index (χ0) is 9.84. The Morgan fingerprint density at radius 3 is 2.77 bits per heavy atom. The first-order valence-electron chi connectivity index (χ1n) is 3.79. The number of hydrogen-bond acceptors (Lipinski definition) is 3. The molecule has 0 aliphatic rings. The molecule has 0 aliphatic carbocycles. The Balaban J connectivity index is 3.18. The number of nitrogens with two attached hydrogens (primary N) is 1. The molecule has 0 bridgehead atoms. The number of aromatic carboxylic acids is 1. The van der Waals surface area contributed by atoms with E-state index in [2.05, 4.69) is 0 Å². The number of hydrogen-bond donors (Lipinski definition) is 2. The lowest BCUT2D eigenvalue weighted by atomic mass is 10.1. The zero-order valence-electron chi connectivity index (χ0n) is 7.28. The van der Waals surface area contributed by atoms with Crippen LogP contribution in [0.1, 0.15) is 15.9 Å². The Hall–Kier alpha value is -1.55. The highest BCUT2D eigenvalue weighted by Gasteiger charge is 2.10. The highest BCUT2D eigenvalue weighted by Crippen LogP contribution is 2.19. The van der Waals surface area contributed by atoms with Gasteiger partial charge < -0.3 is 15.6 Å². The molecule has 1 aromatic carbocycles. The van der Waals surface area contributed by atoms with Gasteiger partial charge in [-0.15, -0.1) is 0 Å². The van der Waals surface area contributed by atoms with Crippen LogP contribution in [-0.4, -0.2) is 18.2 Å². The molecule has 0 spiro atoms. The van der Waals surface area contributed by atoms with Crippen molar-refractivity contribution in [1.29, 1.82) is 0 Å². The lowest BCUT2D eigenvalue weighted by molar-refractivity contribution is 0.0693. The summed E-state index contributed by atoms with van der Waals surface area (Å²) in [4.78, 5) is 10.7. The first-order chi connectivity index (χ1) is 6.19. The summed E-state index contributed by atoms with van der Waals surface area (Å²) in [7, 11) is 1.43. The van der Waals surface area contributed by atoms with Crippen LogP contribution >= 0.6 is 0 Å². The molecule has 0 fully saturated rings. The SMILES string of the molecule is COc1ccc(CN)cc1C(=O)O. The van der Waals surface area contributed by atoms with E-state index in [0.717, 1.165) is 5.56 Å². The second kappa shape index (κ2) is 3.91. The summed E-state index contributed by atoms with van der Waals surface area (Å²) in [6, 6.07) is 4.86. The summed E-state index contributed by atoms with van der Waals surface area (Å²) in [6.45, 7) is 0.324. The molecule has 0 aliphatic heterocycles. The van der Waals surface area contributed by atoms with Gasteiger partial charge in [0.2, 0.25) is 0 Å². The number of ether oxygens (including phenoxy) is 1. The van der Waals surface area contributed by atoms with Crippen LogP contribution in [0.4, 0.5) is 0 Å². The van der Waals surface area contributed by atoms with Crippen LogP contribution in [0.5, 0.6) is 5.75 Å². The third kappa shape index (κ3) is 1.97. The monoisotopic (exact) mass is 181 g/mol. The Labute approximate surface area is 75.9 Å². The van der Waals surface area contributed by atoms with E-state index >= 15 is 0 Å². The number of benzene rings is 1. The summed E-state index contributed by atoms with van der Waals surface area (Å²) < 4.78 is 4.88. The molecular weight excluding hydrogens is 170 g/mol. The fourth-order valence-electron chi connectivity index (χ4n) is 1.05. The average Bonchev–Trinajstić information content (AvgIpc) is 2.16. The summed E-state index contributed by atoms with van der Waals surface area (Å²) in [6.07, 6.45) is 0. The largest absolute Gasteiger partial charge is 0.496 e. The van der Waals surface area contributed by atoms with Gasteiger partial charge in [0.1, 0.15) is 11.3 Å². The van der Waals surface area contributed by atoms with Gasteiger partial charge in [-0.2, -0.15) is 0 Å². The second-order valence-electron chi connectivity index (χ2n) is 2.54. The maximum absolute atomic E-state index is 10.7. The molecule has 1 aromatic rings. The van der Waals surface area contributed by atoms with E-state index in [-0.39, 0.29) is 5.56 Å². The van der Waals surface area contributed by atoms with Gasteiger partial charge in [0.15, 0.2) is 0 Å². The van der Waals surface area contributed by atoms with E-state index in [4.69, 9.17) is 15.6 Å². The summed E-state index contributed by atoms with van der Waals surface area (Å²) >= 11 is 0. The van der Waals surface area contributed by atoms with E-state index in [0.29, 0.717) is 12.3 Å². The van der Waals surface area contributed by atoms with Crippen LogP contribution in [-0.2, 0) is 6.54 Å². The molecule has 0 aromatic heterocycles. The maximum Gasteiger partial charge on any atom is 0.339 e. The first kappa shape index (κ1) is 9.54. The van der Waals surface area contributed by atoms with E-state index in [9.17, 15) is 4.79 Å². The summed E-state index contributed by atoms with van der Waals surface area (Å²) in [5.41, 5.74) is 6.30. The van der Waals surface area contributed by atoms with Crippen LogP contribution in [0.3, 0.4) is 0 Å². The van der Waals surface area contributed by atoms with Crippen molar-refractivity contribution in [2.24, 2.45) is 5.73 Å². The van der Waals surface area contributed by atoms with Crippen molar-refractivity contribution in [2.75, 3.05) is 7.11 Å². The smallest absolute Gasteiger partial charge is 0.339 e. The van der Waals surface area contributed by atoms with Crippen molar-refractivity contribution >= 4 is 5.97 Å². The predicted octanol–water partition coefficient (Wildman–Crippen LogP) is 0.852. The van der Waals surface area contributed by atoms with Gasteiger partial charge in [0.05, 0.1) is 7.11 Å². The highest BCUT2D eigenvalue weighted by molar-refractivity contribution is 5.91. The van der Waals surface area contributed by atoms with E-state index in [1.54, 1.807) is 12.1 Å². The Morgan fingerprint density at radius 1 is 1.62 bits per heavy atom. The number of methoxy groups -OCH3 is 1. The topological polar surface area (TPSA) is 72.5 Å². The minimum absolute atomic E-state index is 0.144. The minimum Gasteiger partial charge on any atom is -0.496 e. The average molecular weight is 181 g/mol. The van der Waals surface area contributed by atoms with E-state index in [1.165, 1.54) is 13.2 Å². The minimum atomic E-state index is -1.01. The van der Waals surface area contributed by atoms with Crippen molar-refractivity contribution in [3.8, 4) is 5.75 Å².